The first-order chi connectivity index (χ1) is 11.7. The second-order valence-electron chi connectivity index (χ2n) is 5.44. The molecule has 24 heavy (non-hydrogen) atoms. The van der Waals surface area contributed by atoms with Crippen LogP contribution in [-0.4, -0.2) is 17.1 Å². The van der Waals surface area contributed by atoms with Crippen LogP contribution in [0.2, 0.25) is 5.02 Å². The van der Waals surface area contributed by atoms with Gasteiger partial charge in [0.1, 0.15) is 10.5 Å². The van der Waals surface area contributed by atoms with Crippen molar-refractivity contribution in [3.63, 3.8) is 0 Å². The molecule has 2 heterocycles. The van der Waals surface area contributed by atoms with Crippen LogP contribution in [0.15, 0.2) is 42.5 Å². The van der Waals surface area contributed by atoms with Gasteiger partial charge in [0.05, 0.1) is 12.7 Å². The number of hydrogen-bond donors (Lipinski definition) is 1. The first kappa shape index (κ1) is 15.2. The number of nitrogens with one attached hydrogen (secondary N) is 1. The molecule has 0 aliphatic carbocycles. The summed E-state index contributed by atoms with van der Waals surface area (Å²) in [7, 11) is 1.63. The SMILES string of the molecule is COc1cccc2c1Oc1[nH]c(-c3cccc(Cl)c3)nc(=S)c1C2. The molecule has 0 amide bonds. The number of fused-ring (bicyclic) bond motifs is 2. The first-order valence-electron chi connectivity index (χ1n) is 7.38. The summed E-state index contributed by atoms with van der Waals surface area (Å²) in [6, 6.07) is 13.2. The standard InChI is InChI=1S/C18H13ClN2O2S/c1-22-14-7-3-4-10-9-13-17(23-15(10)14)20-16(21-18(13)24)11-5-2-6-12(19)8-11/h2-8H,9H2,1H3,(H,20,21,24). The van der Waals surface area contributed by atoms with Crippen molar-refractivity contribution in [3.05, 3.63) is 63.3 Å². The zero-order valence-electron chi connectivity index (χ0n) is 12.8. The van der Waals surface area contributed by atoms with E-state index in [2.05, 4.69) is 9.97 Å². The fourth-order valence-corrected chi connectivity index (χ4v) is 3.21. The summed E-state index contributed by atoms with van der Waals surface area (Å²) in [5.41, 5.74) is 2.75. The number of ether oxygens (including phenoxy) is 2. The van der Waals surface area contributed by atoms with E-state index in [1.165, 1.54) is 0 Å². The number of para-hydroxylation sites is 1. The highest BCUT2D eigenvalue weighted by molar-refractivity contribution is 7.71. The largest absolute Gasteiger partial charge is 0.493 e. The number of benzene rings is 2. The predicted molar refractivity (Wildman–Crippen MR) is 95.7 cm³/mol. The van der Waals surface area contributed by atoms with Crippen LogP contribution >= 0.6 is 23.8 Å². The van der Waals surface area contributed by atoms with E-state index in [-0.39, 0.29) is 0 Å². The van der Waals surface area contributed by atoms with E-state index in [0.717, 1.165) is 16.7 Å². The van der Waals surface area contributed by atoms with Crippen LogP contribution in [0.4, 0.5) is 0 Å². The molecular formula is C18H13ClN2O2S. The van der Waals surface area contributed by atoms with Crippen LogP contribution in [0.5, 0.6) is 17.4 Å². The molecular weight excluding hydrogens is 344 g/mol. The molecule has 120 valence electrons. The van der Waals surface area contributed by atoms with Gasteiger partial charge in [-0.3, -0.25) is 0 Å². The maximum atomic E-state index is 6.07. The van der Waals surface area contributed by atoms with Gasteiger partial charge in [0, 0.05) is 22.6 Å². The molecule has 1 aliphatic rings. The van der Waals surface area contributed by atoms with Crippen LogP contribution in [-0.2, 0) is 6.42 Å². The normalized spacial score (nSPS) is 12.1. The molecule has 6 heteroatoms. The van der Waals surface area contributed by atoms with Crippen molar-refractivity contribution in [2.24, 2.45) is 0 Å². The van der Waals surface area contributed by atoms with Crippen molar-refractivity contribution in [1.29, 1.82) is 0 Å². The molecule has 1 aliphatic heterocycles. The van der Waals surface area contributed by atoms with Gasteiger partial charge < -0.3 is 14.5 Å². The summed E-state index contributed by atoms with van der Waals surface area (Å²) in [4.78, 5) is 7.73. The Hall–Kier alpha value is -2.37. The number of H-pyrrole nitrogens is 1. The molecule has 0 saturated carbocycles. The number of methoxy groups -OCH3 is 1. The van der Waals surface area contributed by atoms with Gasteiger partial charge in [-0.1, -0.05) is 48.1 Å². The molecule has 2 aromatic carbocycles. The van der Waals surface area contributed by atoms with Crippen molar-refractivity contribution < 1.29 is 9.47 Å². The Morgan fingerprint density at radius 3 is 2.88 bits per heavy atom. The summed E-state index contributed by atoms with van der Waals surface area (Å²) in [6.45, 7) is 0. The maximum Gasteiger partial charge on any atom is 0.205 e. The number of halogens is 1. The highest BCUT2D eigenvalue weighted by Gasteiger charge is 2.23. The topological polar surface area (TPSA) is 47.1 Å². The Kier molecular flexibility index (Phi) is 3.75. The molecule has 0 saturated heterocycles. The van der Waals surface area contributed by atoms with Crippen molar-refractivity contribution in [3.8, 4) is 28.8 Å². The zero-order chi connectivity index (χ0) is 16.7. The third-order valence-corrected chi connectivity index (χ3v) is 4.50. The number of aromatic amines is 1. The molecule has 1 aromatic heterocycles. The number of hydrogen-bond acceptors (Lipinski definition) is 4. The minimum Gasteiger partial charge on any atom is -0.493 e. The Morgan fingerprint density at radius 1 is 1.25 bits per heavy atom. The third-order valence-electron chi connectivity index (χ3n) is 3.93. The van der Waals surface area contributed by atoms with Gasteiger partial charge in [0.15, 0.2) is 11.5 Å². The predicted octanol–water partition coefficient (Wildman–Crippen LogP) is 5.16. The van der Waals surface area contributed by atoms with E-state index < -0.39 is 0 Å². The third kappa shape index (κ3) is 2.56. The molecule has 0 fully saturated rings. The van der Waals surface area contributed by atoms with Crippen LogP contribution in [0.1, 0.15) is 11.1 Å². The minimum atomic E-state index is 0.521. The molecule has 0 radical (unpaired) electrons. The number of aromatic nitrogens is 2. The summed E-state index contributed by atoms with van der Waals surface area (Å²) in [5.74, 6) is 2.63. The number of nitrogens with zero attached hydrogens (tertiary/aromatic N) is 1. The first-order valence-corrected chi connectivity index (χ1v) is 8.17. The average molecular weight is 357 g/mol. The lowest BCUT2D eigenvalue weighted by Crippen LogP contribution is -2.08. The van der Waals surface area contributed by atoms with Crippen molar-refractivity contribution in [2.75, 3.05) is 7.11 Å². The van der Waals surface area contributed by atoms with Crippen LogP contribution in [0.25, 0.3) is 11.4 Å². The molecule has 1 N–H and O–H groups in total. The van der Waals surface area contributed by atoms with Gasteiger partial charge in [-0.25, -0.2) is 4.98 Å². The fraction of sp³-hybridized carbons (Fsp3) is 0.111. The monoisotopic (exact) mass is 356 g/mol. The molecule has 0 bridgehead atoms. The second kappa shape index (κ2) is 5.92. The molecule has 3 aromatic rings. The minimum absolute atomic E-state index is 0.521. The Balaban J connectivity index is 1.84. The van der Waals surface area contributed by atoms with E-state index in [1.54, 1.807) is 7.11 Å². The molecule has 4 rings (SSSR count). The summed E-state index contributed by atoms with van der Waals surface area (Å²) >= 11 is 11.5. The Morgan fingerprint density at radius 2 is 2.08 bits per heavy atom. The van der Waals surface area contributed by atoms with Gasteiger partial charge in [-0.05, 0) is 18.2 Å². The molecule has 0 unspecified atom stereocenters. The molecule has 0 atom stereocenters. The molecule has 4 nitrogen and oxygen atoms in total. The van der Waals surface area contributed by atoms with Crippen LogP contribution < -0.4 is 9.47 Å². The van der Waals surface area contributed by atoms with Gasteiger partial charge in [0.25, 0.3) is 0 Å². The lowest BCUT2D eigenvalue weighted by molar-refractivity contribution is 0.365. The Bertz CT molecular complexity index is 1000. The highest BCUT2D eigenvalue weighted by Crippen LogP contribution is 2.42. The van der Waals surface area contributed by atoms with E-state index in [0.29, 0.717) is 39.3 Å². The quantitative estimate of drug-likeness (QED) is 0.504. The number of rotatable bonds is 2. The van der Waals surface area contributed by atoms with E-state index >= 15 is 0 Å². The smallest absolute Gasteiger partial charge is 0.205 e. The zero-order valence-corrected chi connectivity index (χ0v) is 14.4. The van der Waals surface area contributed by atoms with Crippen molar-refractivity contribution in [2.45, 2.75) is 6.42 Å². The maximum absolute atomic E-state index is 6.07. The second-order valence-corrected chi connectivity index (χ2v) is 6.26. The Labute approximate surface area is 149 Å². The van der Waals surface area contributed by atoms with Gasteiger partial charge in [-0.2, -0.15) is 0 Å². The van der Waals surface area contributed by atoms with E-state index in [1.807, 2.05) is 42.5 Å². The van der Waals surface area contributed by atoms with Crippen LogP contribution in [0.3, 0.4) is 0 Å². The highest BCUT2D eigenvalue weighted by atomic mass is 35.5. The average Bonchev–Trinajstić information content (AvgIpc) is 2.59. The van der Waals surface area contributed by atoms with Crippen molar-refractivity contribution >= 4 is 23.8 Å². The van der Waals surface area contributed by atoms with E-state index in [4.69, 9.17) is 33.3 Å². The summed E-state index contributed by atoms with van der Waals surface area (Å²) in [6.07, 6.45) is 0.653. The van der Waals surface area contributed by atoms with Crippen LogP contribution in [0, 0.1) is 4.64 Å². The van der Waals surface area contributed by atoms with Gasteiger partial charge >= 0.3 is 0 Å². The van der Waals surface area contributed by atoms with Gasteiger partial charge in [0.2, 0.25) is 5.88 Å². The lowest BCUT2D eigenvalue weighted by atomic mass is 10.0. The fourth-order valence-electron chi connectivity index (χ4n) is 2.76. The lowest BCUT2D eigenvalue weighted by Gasteiger charge is -2.22. The van der Waals surface area contributed by atoms with Gasteiger partial charge in [-0.15, -0.1) is 0 Å². The summed E-state index contributed by atoms with van der Waals surface area (Å²) < 4.78 is 12.0. The van der Waals surface area contributed by atoms with E-state index in [9.17, 15) is 0 Å². The molecule has 0 spiro atoms. The van der Waals surface area contributed by atoms with Crippen molar-refractivity contribution in [1.82, 2.24) is 9.97 Å². The summed E-state index contributed by atoms with van der Waals surface area (Å²) in [5, 5.41) is 0.638.